The highest BCUT2D eigenvalue weighted by molar-refractivity contribution is 6.10. The van der Waals surface area contributed by atoms with E-state index < -0.39 is 0 Å². The summed E-state index contributed by atoms with van der Waals surface area (Å²) in [6.45, 7) is 0. The summed E-state index contributed by atoms with van der Waals surface area (Å²) in [5.41, 5.74) is 4.51. The van der Waals surface area contributed by atoms with E-state index in [0.717, 1.165) is 35.1 Å². The first kappa shape index (κ1) is 17.4. The third-order valence-corrected chi connectivity index (χ3v) is 5.13. The van der Waals surface area contributed by atoms with Crippen molar-refractivity contribution in [3.8, 4) is 11.4 Å². The van der Waals surface area contributed by atoms with E-state index in [2.05, 4.69) is 15.3 Å². The van der Waals surface area contributed by atoms with E-state index in [1.54, 1.807) is 6.07 Å². The van der Waals surface area contributed by atoms with Crippen molar-refractivity contribution in [3.63, 3.8) is 0 Å². The summed E-state index contributed by atoms with van der Waals surface area (Å²) in [6.07, 6.45) is 1.94. The molecule has 1 amide bonds. The molecule has 0 radical (unpaired) electrons. The Labute approximate surface area is 167 Å². The lowest BCUT2D eigenvalue weighted by atomic mass is 10.0. The number of anilines is 1. The topological polar surface area (TPSA) is 74.8 Å². The molecule has 0 bridgehead atoms. The second-order valence-corrected chi connectivity index (χ2v) is 7.36. The number of amides is 1. The minimum Gasteiger partial charge on any atom is -0.338 e. The number of ketones is 1. The fourth-order valence-corrected chi connectivity index (χ4v) is 3.38. The van der Waals surface area contributed by atoms with Gasteiger partial charge in [-0.3, -0.25) is 9.59 Å². The number of carbonyl (C=O) groups excluding carboxylic acids is 2. The van der Waals surface area contributed by atoms with E-state index in [1.165, 1.54) is 0 Å². The van der Waals surface area contributed by atoms with Crippen molar-refractivity contribution in [2.75, 3.05) is 5.32 Å². The summed E-state index contributed by atoms with van der Waals surface area (Å²) in [6, 6.07) is 22.3. The first-order valence-corrected chi connectivity index (χ1v) is 9.68. The lowest BCUT2D eigenvalue weighted by molar-refractivity contribution is -0.117. The molecule has 1 saturated carbocycles. The van der Waals surface area contributed by atoms with Gasteiger partial charge in [0.05, 0.1) is 11.0 Å². The first-order chi connectivity index (χ1) is 14.2. The first-order valence-electron chi connectivity index (χ1n) is 9.68. The van der Waals surface area contributed by atoms with Gasteiger partial charge in [-0.05, 0) is 43.2 Å². The molecule has 5 heteroatoms. The molecule has 1 aromatic heterocycles. The molecule has 2 N–H and O–H groups in total. The molecular weight excluding hydrogens is 362 g/mol. The molecule has 29 heavy (non-hydrogen) atoms. The van der Waals surface area contributed by atoms with Gasteiger partial charge in [-0.1, -0.05) is 42.5 Å². The zero-order valence-corrected chi connectivity index (χ0v) is 15.7. The Morgan fingerprint density at radius 3 is 2.52 bits per heavy atom. The second-order valence-electron chi connectivity index (χ2n) is 7.36. The van der Waals surface area contributed by atoms with Gasteiger partial charge in [-0.25, -0.2) is 4.98 Å². The molecule has 1 aliphatic rings. The average Bonchev–Trinajstić information content (AvgIpc) is 3.53. The highest BCUT2D eigenvalue weighted by Gasteiger charge is 2.29. The summed E-state index contributed by atoms with van der Waals surface area (Å²) in [7, 11) is 0. The van der Waals surface area contributed by atoms with Crippen LogP contribution in [-0.2, 0) is 4.79 Å². The normalized spacial score (nSPS) is 13.4. The second kappa shape index (κ2) is 7.02. The van der Waals surface area contributed by atoms with Crippen molar-refractivity contribution in [2.45, 2.75) is 12.8 Å². The number of fused-ring (bicyclic) bond motifs is 1. The maximum absolute atomic E-state index is 12.7. The summed E-state index contributed by atoms with van der Waals surface area (Å²) < 4.78 is 0. The smallest absolute Gasteiger partial charge is 0.227 e. The van der Waals surface area contributed by atoms with Gasteiger partial charge < -0.3 is 10.3 Å². The molecule has 1 aliphatic carbocycles. The number of nitrogens with one attached hydrogen (secondary N) is 2. The van der Waals surface area contributed by atoms with Crippen LogP contribution in [0, 0.1) is 5.92 Å². The molecule has 1 fully saturated rings. The number of aromatic amines is 1. The Morgan fingerprint density at radius 1 is 0.897 bits per heavy atom. The van der Waals surface area contributed by atoms with Crippen LogP contribution >= 0.6 is 0 Å². The maximum Gasteiger partial charge on any atom is 0.227 e. The van der Waals surface area contributed by atoms with E-state index in [9.17, 15) is 9.59 Å². The number of hydrogen-bond acceptors (Lipinski definition) is 3. The van der Waals surface area contributed by atoms with E-state index in [1.807, 2.05) is 66.7 Å². The number of imidazole rings is 1. The van der Waals surface area contributed by atoms with Crippen LogP contribution in [0.25, 0.3) is 22.4 Å². The fraction of sp³-hybridized carbons (Fsp3) is 0.125. The fourth-order valence-electron chi connectivity index (χ4n) is 3.38. The number of aromatic nitrogens is 2. The van der Waals surface area contributed by atoms with Crippen LogP contribution in [0.5, 0.6) is 0 Å². The zero-order chi connectivity index (χ0) is 19.8. The van der Waals surface area contributed by atoms with E-state index in [-0.39, 0.29) is 17.6 Å². The Bertz CT molecular complexity index is 1220. The minimum atomic E-state index is -0.0200. The number of rotatable bonds is 5. The third-order valence-electron chi connectivity index (χ3n) is 5.13. The predicted molar refractivity (Wildman–Crippen MR) is 113 cm³/mol. The molecule has 142 valence electrons. The van der Waals surface area contributed by atoms with Crippen LogP contribution in [0.3, 0.4) is 0 Å². The van der Waals surface area contributed by atoms with Gasteiger partial charge in [-0.15, -0.1) is 0 Å². The van der Waals surface area contributed by atoms with Gasteiger partial charge in [-0.2, -0.15) is 0 Å². The van der Waals surface area contributed by atoms with Gasteiger partial charge >= 0.3 is 0 Å². The van der Waals surface area contributed by atoms with Crippen molar-refractivity contribution < 1.29 is 9.59 Å². The zero-order valence-electron chi connectivity index (χ0n) is 15.7. The molecule has 4 aromatic rings. The summed E-state index contributed by atoms with van der Waals surface area (Å²) in [4.78, 5) is 32.7. The number of H-pyrrole nitrogens is 1. The highest BCUT2D eigenvalue weighted by Crippen LogP contribution is 2.31. The monoisotopic (exact) mass is 381 g/mol. The van der Waals surface area contributed by atoms with Crippen molar-refractivity contribution in [1.82, 2.24) is 9.97 Å². The van der Waals surface area contributed by atoms with Gasteiger partial charge in [0.1, 0.15) is 5.82 Å². The molecule has 0 aliphatic heterocycles. The van der Waals surface area contributed by atoms with Crippen molar-refractivity contribution in [1.29, 1.82) is 0 Å². The van der Waals surface area contributed by atoms with E-state index >= 15 is 0 Å². The van der Waals surface area contributed by atoms with Crippen molar-refractivity contribution in [3.05, 3.63) is 83.9 Å². The Kier molecular flexibility index (Phi) is 4.21. The quantitative estimate of drug-likeness (QED) is 0.487. The lowest BCUT2D eigenvalue weighted by Crippen LogP contribution is -2.13. The van der Waals surface area contributed by atoms with Crippen LogP contribution < -0.4 is 5.32 Å². The molecule has 0 atom stereocenters. The van der Waals surface area contributed by atoms with E-state index in [4.69, 9.17) is 0 Å². The van der Waals surface area contributed by atoms with Crippen LogP contribution in [0.15, 0.2) is 72.8 Å². The number of benzene rings is 3. The van der Waals surface area contributed by atoms with Gasteiger partial charge in [0.25, 0.3) is 0 Å². The molecule has 1 heterocycles. The van der Waals surface area contributed by atoms with Crippen LogP contribution in [0.4, 0.5) is 5.69 Å². The number of hydrogen-bond donors (Lipinski definition) is 2. The Morgan fingerprint density at radius 2 is 1.72 bits per heavy atom. The lowest BCUT2D eigenvalue weighted by Gasteiger charge is -2.05. The van der Waals surface area contributed by atoms with Crippen LogP contribution in [0.2, 0.25) is 0 Å². The summed E-state index contributed by atoms with van der Waals surface area (Å²) in [5, 5.41) is 2.96. The third kappa shape index (κ3) is 3.55. The average molecular weight is 381 g/mol. The molecule has 3 aromatic carbocycles. The summed E-state index contributed by atoms with van der Waals surface area (Å²) in [5.74, 6) is 0.918. The van der Waals surface area contributed by atoms with Crippen LogP contribution in [-0.4, -0.2) is 21.7 Å². The molecular formula is C24H19N3O2. The standard InChI is InChI=1S/C24H19N3O2/c28-22(15-5-2-1-3-6-15)17-11-12-20-21(14-17)27-23(26-20)18-7-4-8-19(13-18)25-24(29)16-9-10-16/h1-8,11-14,16H,9-10H2,(H,25,29)(H,26,27). The molecule has 5 rings (SSSR count). The molecule has 0 spiro atoms. The molecule has 0 unspecified atom stereocenters. The van der Waals surface area contributed by atoms with Crippen molar-refractivity contribution >= 4 is 28.4 Å². The predicted octanol–water partition coefficient (Wildman–Crippen LogP) is 4.81. The highest BCUT2D eigenvalue weighted by atomic mass is 16.2. The number of carbonyl (C=O) groups is 2. The summed E-state index contributed by atoms with van der Waals surface area (Å²) >= 11 is 0. The number of nitrogens with zero attached hydrogens (tertiary/aromatic N) is 1. The van der Waals surface area contributed by atoms with Gasteiger partial charge in [0.15, 0.2) is 5.78 Å². The Hall–Kier alpha value is -3.73. The van der Waals surface area contributed by atoms with Crippen molar-refractivity contribution in [2.24, 2.45) is 5.92 Å². The van der Waals surface area contributed by atoms with Crippen LogP contribution in [0.1, 0.15) is 28.8 Å². The molecule has 5 nitrogen and oxygen atoms in total. The van der Waals surface area contributed by atoms with E-state index in [0.29, 0.717) is 17.0 Å². The van der Waals surface area contributed by atoms with Gasteiger partial charge in [0.2, 0.25) is 5.91 Å². The maximum atomic E-state index is 12.7. The molecule has 0 saturated heterocycles. The van der Waals surface area contributed by atoms with Gasteiger partial charge in [0, 0.05) is 28.3 Å². The Balaban J connectivity index is 1.44. The largest absolute Gasteiger partial charge is 0.338 e. The SMILES string of the molecule is O=C(c1ccccc1)c1ccc2nc(-c3cccc(NC(=O)C4CC4)c3)[nH]c2c1. The minimum absolute atomic E-state index is 0.0200.